The van der Waals surface area contributed by atoms with Crippen LogP contribution in [-0.2, 0) is 20.9 Å². The maximum absolute atomic E-state index is 13.7. The van der Waals surface area contributed by atoms with Crippen LogP contribution in [0.2, 0.25) is 0 Å². The summed E-state index contributed by atoms with van der Waals surface area (Å²) >= 11 is 1.45. The molecule has 0 radical (unpaired) electrons. The Morgan fingerprint density at radius 3 is 3.08 bits per heavy atom. The predicted octanol–water partition coefficient (Wildman–Crippen LogP) is 2.38. The lowest BCUT2D eigenvalue weighted by Crippen LogP contribution is -2.40. The van der Waals surface area contributed by atoms with Crippen molar-refractivity contribution in [3.8, 4) is 0 Å². The second kappa shape index (κ2) is 7.71. The van der Waals surface area contributed by atoms with E-state index in [0.717, 1.165) is 5.01 Å². The molecule has 8 heteroatoms. The summed E-state index contributed by atoms with van der Waals surface area (Å²) in [6.07, 6.45) is 1.67. The summed E-state index contributed by atoms with van der Waals surface area (Å²) in [6.45, 7) is 1.08. The minimum atomic E-state index is -0.712. The fraction of sp³-hybridized carbons (Fsp3) is 0.353. The van der Waals surface area contributed by atoms with E-state index < -0.39 is 11.7 Å². The zero-order valence-corrected chi connectivity index (χ0v) is 14.5. The first-order valence-corrected chi connectivity index (χ1v) is 8.72. The van der Waals surface area contributed by atoms with Crippen LogP contribution in [0.25, 0.3) is 0 Å². The molecule has 0 fully saturated rings. The first-order chi connectivity index (χ1) is 12.1. The molecule has 2 heterocycles. The first-order valence-electron chi connectivity index (χ1n) is 7.84. The molecule has 3 rings (SSSR count). The largest absolute Gasteiger partial charge is 0.383 e. The molecule has 2 amide bonds. The van der Waals surface area contributed by atoms with Crippen LogP contribution in [0.5, 0.6) is 0 Å². The molecule has 1 aliphatic heterocycles. The number of anilines is 1. The number of methoxy groups -OCH3 is 1. The fourth-order valence-electron chi connectivity index (χ4n) is 2.84. The number of thiazole rings is 1. The van der Waals surface area contributed by atoms with Crippen molar-refractivity contribution in [1.29, 1.82) is 0 Å². The third-order valence-electron chi connectivity index (χ3n) is 4.04. The molecule has 1 unspecified atom stereocenters. The van der Waals surface area contributed by atoms with Crippen molar-refractivity contribution in [2.24, 2.45) is 0 Å². The van der Waals surface area contributed by atoms with Gasteiger partial charge in [-0.05, 0) is 23.8 Å². The quantitative estimate of drug-likeness (QED) is 0.855. The van der Waals surface area contributed by atoms with Crippen molar-refractivity contribution >= 4 is 28.8 Å². The van der Waals surface area contributed by atoms with Gasteiger partial charge in [0.2, 0.25) is 11.8 Å². The van der Waals surface area contributed by atoms with Gasteiger partial charge in [0.1, 0.15) is 10.8 Å². The zero-order chi connectivity index (χ0) is 17.8. The number of rotatable bonds is 6. The Morgan fingerprint density at radius 2 is 2.36 bits per heavy atom. The zero-order valence-electron chi connectivity index (χ0n) is 13.7. The van der Waals surface area contributed by atoms with E-state index in [1.807, 2.05) is 5.38 Å². The van der Waals surface area contributed by atoms with E-state index in [0.29, 0.717) is 30.9 Å². The number of carbonyl (C=O) groups is 2. The van der Waals surface area contributed by atoms with Gasteiger partial charge in [-0.3, -0.25) is 9.59 Å². The van der Waals surface area contributed by atoms with Gasteiger partial charge in [0.15, 0.2) is 0 Å². The van der Waals surface area contributed by atoms with E-state index in [9.17, 15) is 14.0 Å². The van der Waals surface area contributed by atoms with Gasteiger partial charge in [-0.15, -0.1) is 11.3 Å². The van der Waals surface area contributed by atoms with Crippen molar-refractivity contribution < 1.29 is 18.7 Å². The molecule has 1 aromatic carbocycles. The molecule has 6 nitrogen and oxygen atoms in total. The number of nitrogens with zero attached hydrogens (tertiary/aromatic N) is 2. The third-order valence-corrected chi connectivity index (χ3v) is 4.80. The Kier molecular flexibility index (Phi) is 5.40. The SMILES string of the molecule is COCCN(Cc1nccs1)C(=O)C1CC(=O)Nc2ccc(F)cc21. The van der Waals surface area contributed by atoms with Crippen LogP contribution in [-0.4, -0.2) is 42.0 Å². The molecular formula is C17H18FN3O3S. The highest BCUT2D eigenvalue weighted by molar-refractivity contribution is 7.09. The molecule has 1 aromatic heterocycles. The van der Waals surface area contributed by atoms with Gasteiger partial charge >= 0.3 is 0 Å². The molecule has 0 saturated heterocycles. The van der Waals surface area contributed by atoms with Crippen LogP contribution in [0.15, 0.2) is 29.8 Å². The molecule has 1 N–H and O–H groups in total. The van der Waals surface area contributed by atoms with Gasteiger partial charge < -0.3 is 15.0 Å². The topological polar surface area (TPSA) is 71.5 Å². The second-order valence-electron chi connectivity index (χ2n) is 5.71. The van der Waals surface area contributed by atoms with Crippen LogP contribution in [0, 0.1) is 5.82 Å². The summed E-state index contributed by atoms with van der Waals surface area (Å²) in [5, 5.41) is 5.32. The summed E-state index contributed by atoms with van der Waals surface area (Å²) in [4.78, 5) is 30.9. The average molecular weight is 363 g/mol. The van der Waals surface area contributed by atoms with Gasteiger partial charge in [0.25, 0.3) is 0 Å². The van der Waals surface area contributed by atoms with Crippen molar-refractivity contribution in [1.82, 2.24) is 9.88 Å². The second-order valence-corrected chi connectivity index (χ2v) is 6.69. The summed E-state index contributed by atoms with van der Waals surface area (Å²) in [7, 11) is 1.56. The summed E-state index contributed by atoms with van der Waals surface area (Å²) in [5.74, 6) is -1.63. The van der Waals surface area contributed by atoms with E-state index in [-0.39, 0.29) is 18.2 Å². The van der Waals surface area contributed by atoms with E-state index in [1.54, 1.807) is 18.2 Å². The highest BCUT2D eigenvalue weighted by Crippen LogP contribution is 2.34. The van der Waals surface area contributed by atoms with E-state index in [2.05, 4.69) is 10.3 Å². The lowest BCUT2D eigenvalue weighted by molar-refractivity contribution is -0.136. The Bertz CT molecular complexity index is 767. The minimum Gasteiger partial charge on any atom is -0.383 e. The standard InChI is InChI=1S/C17H18FN3O3S/c1-24-6-5-21(10-16-19-4-7-25-16)17(23)13-9-15(22)20-14-3-2-11(18)8-12(13)14/h2-4,7-8,13H,5-6,9-10H2,1H3,(H,20,22). The van der Waals surface area contributed by atoms with Gasteiger partial charge in [-0.25, -0.2) is 9.37 Å². The van der Waals surface area contributed by atoms with Crippen molar-refractivity contribution in [3.63, 3.8) is 0 Å². The van der Waals surface area contributed by atoms with Crippen LogP contribution in [0.3, 0.4) is 0 Å². The third kappa shape index (κ3) is 4.02. The molecule has 0 aliphatic carbocycles. The summed E-state index contributed by atoms with van der Waals surface area (Å²) in [5.41, 5.74) is 0.989. The smallest absolute Gasteiger partial charge is 0.231 e. The number of benzene rings is 1. The van der Waals surface area contributed by atoms with Crippen LogP contribution < -0.4 is 5.32 Å². The number of hydrogen-bond acceptors (Lipinski definition) is 5. The van der Waals surface area contributed by atoms with Gasteiger partial charge in [-0.1, -0.05) is 0 Å². The van der Waals surface area contributed by atoms with Crippen molar-refractivity contribution in [2.45, 2.75) is 18.9 Å². The number of hydrogen-bond donors (Lipinski definition) is 1. The lowest BCUT2D eigenvalue weighted by atomic mass is 9.89. The number of amides is 2. The Balaban J connectivity index is 1.88. The van der Waals surface area contributed by atoms with Crippen molar-refractivity contribution in [2.75, 3.05) is 25.6 Å². The molecular weight excluding hydrogens is 345 g/mol. The van der Waals surface area contributed by atoms with Gasteiger partial charge in [-0.2, -0.15) is 0 Å². The van der Waals surface area contributed by atoms with Crippen LogP contribution >= 0.6 is 11.3 Å². The predicted molar refractivity (Wildman–Crippen MR) is 91.8 cm³/mol. The molecule has 1 aliphatic rings. The summed E-state index contributed by atoms with van der Waals surface area (Å²) < 4.78 is 18.8. The molecule has 132 valence electrons. The maximum Gasteiger partial charge on any atom is 0.231 e. The highest BCUT2D eigenvalue weighted by atomic mass is 32.1. The average Bonchev–Trinajstić information content (AvgIpc) is 3.10. The van der Waals surface area contributed by atoms with E-state index >= 15 is 0 Å². The molecule has 25 heavy (non-hydrogen) atoms. The summed E-state index contributed by atoms with van der Waals surface area (Å²) in [6, 6.07) is 4.07. The molecule has 2 aromatic rings. The first kappa shape index (κ1) is 17.5. The number of carbonyl (C=O) groups excluding carboxylic acids is 2. The van der Waals surface area contributed by atoms with E-state index in [4.69, 9.17) is 4.74 Å². The molecule has 0 spiro atoms. The van der Waals surface area contributed by atoms with Gasteiger partial charge in [0.05, 0.1) is 19.1 Å². The minimum absolute atomic E-state index is 0.00334. The Hall–Kier alpha value is -2.32. The number of ether oxygens (including phenoxy) is 1. The van der Waals surface area contributed by atoms with Crippen LogP contribution in [0.4, 0.5) is 10.1 Å². The maximum atomic E-state index is 13.7. The molecule has 1 atom stereocenters. The van der Waals surface area contributed by atoms with Crippen molar-refractivity contribution in [3.05, 3.63) is 46.2 Å². The number of fused-ring (bicyclic) bond motifs is 1. The molecule has 0 saturated carbocycles. The number of halogens is 1. The number of nitrogens with one attached hydrogen (secondary N) is 1. The fourth-order valence-corrected chi connectivity index (χ4v) is 3.47. The van der Waals surface area contributed by atoms with Crippen LogP contribution in [0.1, 0.15) is 22.9 Å². The van der Waals surface area contributed by atoms with Gasteiger partial charge in [0, 0.05) is 37.3 Å². The van der Waals surface area contributed by atoms with E-state index in [1.165, 1.54) is 29.5 Å². The highest BCUT2D eigenvalue weighted by Gasteiger charge is 2.34. The lowest BCUT2D eigenvalue weighted by Gasteiger charge is -2.30. The normalized spacial score (nSPS) is 16.2. The number of aromatic nitrogens is 1. The molecule has 0 bridgehead atoms. The monoisotopic (exact) mass is 363 g/mol. The Labute approximate surface area is 148 Å². The Morgan fingerprint density at radius 1 is 1.52 bits per heavy atom.